The lowest BCUT2D eigenvalue weighted by Crippen LogP contribution is -2.24. The van der Waals surface area contributed by atoms with E-state index in [0.717, 1.165) is 11.3 Å². The minimum Gasteiger partial charge on any atom is -0.497 e. The lowest BCUT2D eigenvalue weighted by molar-refractivity contribution is 0.361. The van der Waals surface area contributed by atoms with Crippen molar-refractivity contribution in [3.63, 3.8) is 0 Å². The molecule has 0 saturated heterocycles. The first-order valence-electron chi connectivity index (χ1n) is 7.54. The quantitative estimate of drug-likeness (QED) is 0.562. The second-order valence-corrected chi connectivity index (χ2v) is 5.31. The third-order valence-corrected chi connectivity index (χ3v) is 3.73. The highest BCUT2D eigenvalue weighted by atomic mass is 16.5. The summed E-state index contributed by atoms with van der Waals surface area (Å²) >= 11 is 0. The van der Waals surface area contributed by atoms with E-state index in [2.05, 4.69) is 20.5 Å². The van der Waals surface area contributed by atoms with E-state index in [1.54, 1.807) is 31.4 Å². The highest BCUT2D eigenvalue weighted by Gasteiger charge is 2.12. The van der Waals surface area contributed by atoms with Gasteiger partial charge in [0.2, 0.25) is 11.7 Å². The van der Waals surface area contributed by atoms with Crippen molar-refractivity contribution >= 4 is 10.9 Å². The van der Waals surface area contributed by atoms with E-state index in [4.69, 9.17) is 9.26 Å². The third-order valence-electron chi connectivity index (χ3n) is 3.73. The number of rotatable bonds is 4. The highest BCUT2D eigenvalue weighted by Crippen LogP contribution is 2.19. The molecule has 0 amide bonds. The topological polar surface area (TPSA) is 95.9 Å². The Morgan fingerprint density at radius 2 is 1.92 bits per heavy atom. The molecule has 0 fully saturated rings. The molecule has 0 spiro atoms. The van der Waals surface area contributed by atoms with Crippen molar-refractivity contribution < 1.29 is 9.26 Å². The lowest BCUT2D eigenvalue weighted by atomic mass is 10.2. The molecule has 124 valence electrons. The molecule has 0 atom stereocenters. The molecule has 0 radical (unpaired) electrons. The molecule has 8 heteroatoms. The summed E-state index contributed by atoms with van der Waals surface area (Å²) in [7, 11) is 1.60. The number of hydrogen-bond acceptors (Lipinski definition) is 7. The predicted octanol–water partition coefficient (Wildman–Crippen LogP) is 1.90. The Morgan fingerprint density at radius 3 is 2.72 bits per heavy atom. The van der Waals surface area contributed by atoms with Crippen molar-refractivity contribution in [2.75, 3.05) is 7.11 Å². The van der Waals surface area contributed by atoms with Crippen LogP contribution in [0.2, 0.25) is 0 Å². The van der Waals surface area contributed by atoms with E-state index in [1.807, 2.05) is 24.3 Å². The van der Waals surface area contributed by atoms with E-state index in [1.165, 1.54) is 4.68 Å². The van der Waals surface area contributed by atoms with Crippen LogP contribution in [0.15, 0.2) is 57.8 Å². The van der Waals surface area contributed by atoms with Crippen LogP contribution in [-0.4, -0.2) is 32.2 Å². The molecular weight excluding hydrogens is 322 g/mol. The maximum atomic E-state index is 12.4. The van der Waals surface area contributed by atoms with Crippen molar-refractivity contribution in [2.45, 2.75) is 6.54 Å². The van der Waals surface area contributed by atoms with E-state index < -0.39 is 0 Å². The van der Waals surface area contributed by atoms with Crippen LogP contribution in [-0.2, 0) is 6.54 Å². The van der Waals surface area contributed by atoms with Gasteiger partial charge in [0, 0.05) is 5.56 Å². The van der Waals surface area contributed by atoms with Gasteiger partial charge in [0.15, 0.2) is 0 Å². The van der Waals surface area contributed by atoms with Gasteiger partial charge in [-0.15, -0.1) is 5.10 Å². The number of benzene rings is 2. The number of fused-ring (bicyclic) bond motifs is 1. The number of nitrogens with zero attached hydrogens (tertiary/aromatic N) is 5. The summed E-state index contributed by atoms with van der Waals surface area (Å²) in [6.07, 6.45) is 0. The Kier molecular flexibility index (Phi) is 3.70. The average Bonchev–Trinajstić information content (AvgIpc) is 3.13. The zero-order valence-corrected chi connectivity index (χ0v) is 13.3. The molecule has 0 aliphatic heterocycles. The number of hydrogen-bond donors (Lipinski definition) is 0. The van der Waals surface area contributed by atoms with E-state index in [0.29, 0.717) is 16.7 Å². The largest absolute Gasteiger partial charge is 0.497 e. The van der Waals surface area contributed by atoms with Crippen LogP contribution in [0, 0.1) is 0 Å². The highest BCUT2D eigenvalue weighted by molar-refractivity contribution is 5.76. The van der Waals surface area contributed by atoms with Crippen molar-refractivity contribution in [1.82, 2.24) is 25.1 Å². The van der Waals surface area contributed by atoms with Crippen LogP contribution >= 0.6 is 0 Å². The molecule has 4 rings (SSSR count). The van der Waals surface area contributed by atoms with E-state index >= 15 is 0 Å². The zero-order chi connectivity index (χ0) is 17.2. The molecule has 25 heavy (non-hydrogen) atoms. The fraction of sp³-hybridized carbons (Fsp3) is 0.118. The molecule has 0 aliphatic rings. The fourth-order valence-corrected chi connectivity index (χ4v) is 2.43. The maximum absolute atomic E-state index is 12.4. The minimum atomic E-state index is -0.255. The normalized spacial score (nSPS) is 10.9. The van der Waals surface area contributed by atoms with Crippen molar-refractivity contribution in [3.05, 3.63) is 64.8 Å². The molecule has 0 unspecified atom stereocenters. The van der Waals surface area contributed by atoms with E-state index in [-0.39, 0.29) is 18.0 Å². The molecule has 0 aliphatic carbocycles. The van der Waals surface area contributed by atoms with Crippen LogP contribution in [0.5, 0.6) is 5.75 Å². The van der Waals surface area contributed by atoms with Gasteiger partial charge >= 0.3 is 0 Å². The Bertz CT molecular complexity index is 1090. The summed E-state index contributed by atoms with van der Waals surface area (Å²) < 4.78 is 11.5. The first kappa shape index (κ1) is 15.0. The zero-order valence-electron chi connectivity index (χ0n) is 13.3. The summed E-state index contributed by atoms with van der Waals surface area (Å²) in [6, 6.07) is 14.3. The van der Waals surface area contributed by atoms with Crippen molar-refractivity contribution in [1.29, 1.82) is 0 Å². The third kappa shape index (κ3) is 2.85. The average molecular weight is 335 g/mol. The van der Waals surface area contributed by atoms with Gasteiger partial charge in [0.05, 0.1) is 12.5 Å². The van der Waals surface area contributed by atoms with Crippen LogP contribution in [0.3, 0.4) is 0 Å². The molecule has 2 aromatic carbocycles. The second-order valence-electron chi connectivity index (χ2n) is 5.31. The molecule has 2 aromatic heterocycles. The van der Waals surface area contributed by atoms with Crippen LogP contribution in [0.25, 0.3) is 22.3 Å². The first-order chi connectivity index (χ1) is 12.2. The van der Waals surface area contributed by atoms with Crippen molar-refractivity contribution in [2.24, 2.45) is 0 Å². The Hall–Kier alpha value is -3.55. The fourth-order valence-electron chi connectivity index (χ4n) is 2.43. The minimum absolute atomic E-state index is 0.0554. The molecular formula is C17H13N5O3. The Labute approximate surface area is 141 Å². The van der Waals surface area contributed by atoms with Gasteiger partial charge in [0.25, 0.3) is 5.56 Å². The summed E-state index contributed by atoms with van der Waals surface area (Å²) in [4.78, 5) is 16.7. The van der Waals surface area contributed by atoms with Gasteiger partial charge in [0.1, 0.15) is 17.8 Å². The van der Waals surface area contributed by atoms with E-state index in [9.17, 15) is 4.79 Å². The van der Waals surface area contributed by atoms with Gasteiger partial charge in [-0.1, -0.05) is 22.5 Å². The maximum Gasteiger partial charge on any atom is 0.278 e. The lowest BCUT2D eigenvalue weighted by Gasteiger charge is -2.01. The smallest absolute Gasteiger partial charge is 0.278 e. The molecule has 4 aromatic rings. The monoisotopic (exact) mass is 335 g/mol. The SMILES string of the molecule is COc1ccc(-c2noc(Cn3nnc4ccccc4c3=O)n2)cc1. The van der Waals surface area contributed by atoms with Gasteiger partial charge in [-0.25, -0.2) is 4.68 Å². The molecule has 2 heterocycles. The molecule has 0 bridgehead atoms. The second kappa shape index (κ2) is 6.16. The molecule has 0 saturated carbocycles. The standard InChI is InChI=1S/C17H13N5O3/c1-24-12-8-6-11(7-9-12)16-18-15(25-20-16)10-22-17(23)13-4-2-3-5-14(13)19-21-22/h2-9H,10H2,1H3. The Morgan fingerprint density at radius 1 is 1.12 bits per heavy atom. The van der Waals surface area contributed by atoms with Crippen LogP contribution < -0.4 is 10.3 Å². The van der Waals surface area contributed by atoms with Gasteiger partial charge in [-0.3, -0.25) is 4.79 Å². The van der Waals surface area contributed by atoms with Crippen LogP contribution in [0.4, 0.5) is 0 Å². The number of methoxy groups -OCH3 is 1. The predicted molar refractivity (Wildman–Crippen MR) is 89.2 cm³/mol. The van der Waals surface area contributed by atoms with Gasteiger partial charge in [-0.2, -0.15) is 4.98 Å². The summed E-state index contributed by atoms with van der Waals surface area (Å²) in [5.74, 6) is 1.45. The Balaban J connectivity index is 1.63. The number of aromatic nitrogens is 5. The van der Waals surface area contributed by atoms with Gasteiger partial charge in [-0.05, 0) is 36.4 Å². The summed E-state index contributed by atoms with van der Waals surface area (Å²) in [6.45, 7) is 0.0554. The summed E-state index contributed by atoms with van der Waals surface area (Å²) in [5, 5.41) is 12.4. The summed E-state index contributed by atoms with van der Waals surface area (Å²) in [5.41, 5.74) is 1.08. The number of ether oxygens (including phenoxy) is 1. The molecule has 8 nitrogen and oxygen atoms in total. The van der Waals surface area contributed by atoms with Crippen LogP contribution in [0.1, 0.15) is 5.89 Å². The van der Waals surface area contributed by atoms with Gasteiger partial charge < -0.3 is 9.26 Å². The first-order valence-corrected chi connectivity index (χ1v) is 7.54. The molecule has 0 N–H and O–H groups in total. The van der Waals surface area contributed by atoms with Crippen molar-refractivity contribution in [3.8, 4) is 17.1 Å².